The van der Waals surface area contributed by atoms with E-state index in [0.717, 1.165) is 24.7 Å². The minimum atomic E-state index is -0.504. The molecule has 0 unspecified atom stereocenters. The van der Waals surface area contributed by atoms with Crippen LogP contribution < -0.4 is 0 Å². The van der Waals surface area contributed by atoms with Crippen LogP contribution in [-0.2, 0) is 0 Å². The van der Waals surface area contributed by atoms with E-state index in [9.17, 15) is 10.2 Å². The van der Waals surface area contributed by atoms with Crippen molar-refractivity contribution in [3.8, 4) is 0 Å². The molecule has 0 saturated heterocycles. The van der Waals surface area contributed by atoms with E-state index in [4.69, 9.17) is 0 Å². The van der Waals surface area contributed by atoms with Crippen molar-refractivity contribution in [3.63, 3.8) is 0 Å². The highest BCUT2D eigenvalue weighted by atomic mass is 16.3. The van der Waals surface area contributed by atoms with Crippen LogP contribution in [0, 0.1) is 34.5 Å². The van der Waals surface area contributed by atoms with Crippen LogP contribution in [0.15, 0.2) is 12.2 Å². The van der Waals surface area contributed by atoms with Crippen LogP contribution in [0.4, 0.5) is 0 Å². The fraction of sp³-hybridized carbons (Fsp3) is 0.895. The number of rotatable bonds is 0. The van der Waals surface area contributed by atoms with Crippen molar-refractivity contribution in [2.24, 2.45) is 34.5 Å². The smallest absolute Gasteiger partial charge is 0.0855 e. The zero-order chi connectivity index (χ0) is 14.8. The third-order valence-corrected chi connectivity index (χ3v) is 8.10. The largest absolute Gasteiger partial charge is 0.390 e. The quantitative estimate of drug-likeness (QED) is 0.670. The molecule has 0 aromatic heterocycles. The lowest BCUT2D eigenvalue weighted by Crippen LogP contribution is -2.52. The second-order valence-corrected chi connectivity index (χ2v) is 8.79. The summed E-state index contributed by atoms with van der Waals surface area (Å²) < 4.78 is 0. The molecule has 4 aliphatic rings. The first-order valence-corrected chi connectivity index (χ1v) is 9.00. The van der Waals surface area contributed by atoms with Gasteiger partial charge in [-0.25, -0.2) is 0 Å². The van der Waals surface area contributed by atoms with Crippen LogP contribution in [0.1, 0.15) is 58.8 Å². The number of hydrogen-bond acceptors (Lipinski definition) is 2. The highest BCUT2D eigenvalue weighted by Gasteiger charge is 2.61. The molecule has 2 heteroatoms. The Hall–Kier alpha value is -0.340. The molecule has 0 heterocycles. The van der Waals surface area contributed by atoms with Crippen molar-refractivity contribution >= 4 is 0 Å². The zero-order valence-electron chi connectivity index (χ0n) is 13.5. The molecule has 4 aliphatic carbocycles. The number of aliphatic hydroxyl groups excluding tert-OH is 2. The third kappa shape index (κ3) is 1.78. The van der Waals surface area contributed by atoms with Crippen LogP contribution in [0.5, 0.6) is 0 Å². The van der Waals surface area contributed by atoms with Crippen LogP contribution in [0.2, 0.25) is 0 Å². The van der Waals surface area contributed by atoms with Gasteiger partial charge in [0.1, 0.15) is 0 Å². The fourth-order valence-corrected chi connectivity index (χ4v) is 6.81. The molecule has 3 fully saturated rings. The molecule has 0 radical (unpaired) electrons. The lowest BCUT2D eigenvalue weighted by atomic mass is 9.46. The average Bonchev–Trinajstić information content (AvgIpc) is 2.70. The number of hydrogen-bond donors (Lipinski definition) is 2. The van der Waals surface area contributed by atoms with Crippen molar-refractivity contribution < 1.29 is 10.2 Å². The van der Waals surface area contributed by atoms with E-state index in [2.05, 4.69) is 26.0 Å². The predicted molar refractivity (Wildman–Crippen MR) is 83.6 cm³/mol. The van der Waals surface area contributed by atoms with Crippen LogP contribution >= 0.6 is 0 Å². The molecule has 0 aromatic rings. The molecule has 118 valence electrons. The summed E-state index contributed by atoms with van der Waals surface area (Å²) in [5.74, 6) is 2.86. The average molecular weight is 290 g/mol. The Bertz CT molecular complexity index is 458. The second-order valence-electron chi connectivity index (χ2n) is 8.79. The lowest BCUT2D eigenvalue weighted by Gasteiger charge is -2.58. The Morgan fingerprint density at radius 2 is 1.81 bits per heavy atom. The summed E-state index contributed by atoms with van der Waals surface area (Å²) in [6.07, 6.45) is 12.4. The fourth-order valence-electron chi connectivity index (χ4n) is 6.81. The van der Waals surface area contributed by atoms with Gasteiger partial charge in [0.2, 0.25) is 0 Å². The summed E-state index contributed by atoms with van der Waals surface area (Å²) >= 11 is 0. The van der Waals surface area contributed by atoms with E-state index < -0.39 is 12.2 Å². The van der Waals surface area contributed by atoms with E-state index in [0.29, 0.717) is 17.3 Å². The maximum Gasteiger partial charge on any atom is 0.0855 e. The Kier molecular flexibility index (Phi) is 3.11. The number of fused-ring (bicyclic) bond motifs is 5. The molecule has 0 bridgehead atoms. The van der Waals surface area contributed by atoms with Gasteiger partial charge in [-0.1, -0.05) is 26.0 Å². The minimum Gasteiger partial charge on any atom is -0.390 e. The SMILES string of the molecule is C[C@]12C=CCC[C@@H]1CC[C@@H]1[C@@H]2CC[C@]2(C)[C@@H](O)[C@H](O)C[C@@H]12. The van der Waals surface area contributed by atoms with Gasteiger partial charge in [-0.2, -0.15) is 0 Å². The topological polar surface area (TPSA) is 40.5 Å². The summed E-state index contributed by atoms with van der Waals surface area (Å²) in [7, 11) is 0. The van der Waals surface area contributed by atoms with Gasteiger partial charge in [0.15, 0.2) is 0 Å². The molecule has 4 rings (SSSR count). The standard InChI is InChI=1S/C19H30O2/c1-18-9-4-3-5-12(18)6-7-13-14(18)8-10-19(2)15(13)11-16(20)17(19)21/h4,9,12-17,20-21H,3,5-8,10-11H2,1-2H3/t12-,13-,14+,15+,16-,17+,18+,19+/m1/s1. The Labute approximate surface area is 128 Å². The van der Waals surface area contributed by atoms with Crippen molar-refractivity contribution in [3.05, 3.63) is 12.2 Å². The molecule has 2 nitrogen and oxygen atoms in total. The Balaban J connectivity index is 1.68. The van der Waals surface area contributed by atoms with Gasteiger partial charge in [0, 0.05) is 0 Å². The van der Waals surface area contributed by atoms with Crippen molar-refractivity contribution in [1.29, 1.82) is 0 Å². The molecule has 0 amide bonds. The van der Waals surface area contributed by atoms with Gasteiger partial charge in [-0.15, -0.1) is 0 Å². The number of allylic oxidation sites excluding steroid dienone is 2. The zero-order valence-corrected chi connectivity index (χ0v) is 13.5. The third-order valence-electron chi connectivity index (χ3n) is 8.10. The normalized spacial score (nSPS) is 59.2. The molecular weight excluding hydrogens is 260 g/mol. The molecule has 21 heavy (non-hydrogen) atoms. The summed E-state index contributed by atoms with van der Waals surface area (Å²) in [5.41, 5.74) is 0.336. The van der Waals surface area contributed by atoms with Gasteiger partial charge in [-0.05, 0) is 79.4 Å². The highest BCUT2D eigenvalue weighted by Crippen LogP contribution is 2.65. The summed E-state index contributed by atoms with van der Waals surface area (Å²) in [4.78, 5) is 0. The van der Waals surface area contributed by atoms with Gasteiger partial charge in [0.05, 0.1) is 12.2 Å². The van der Waals surface area contributed by atoms with Crippen molar-refractivity contribution in [2.45, 2.75) is 71.0 Å². The summed E-state index contributed by atoms with van der Waals surface area (Å²) in [6.45, 7) is 4.73. The van der Waals surface area contributed by atoms with E-state index in [-0.39, 0.29) is 5.41 Å². The number of aliphatic hydroxyl groups is 2. The van der Waals surface area contributed by atoms with Gasteiger partial charge in [0.25, 0.3) is 0 Å². The Morgan fingerprint density at radius 3 is 2.62 bits per heavy atom. The van der Waals surface area contributed by atoms with E-state index >= 15 is 0 Å². The Morgan fingerprint density at radius 1 is 1.00 bits per heavy atom. The van der Waals surface area contributed by atoms with Crippen LogP contribution in [0.3, 0.4) is 0 Å². The first-order chi connectivity index (χ1) is 9.97. The monoisotopic (exact) mass is 290 g/mol. The summed E-state index contributed by atoms with van der Waals surface area (Å²) in [6, 6.07) is 0. The van der Waals surface area contributed by atoms with Crippen molar-refractivity contribution in [1.82, 2.24) is 0 Å². The lowest BCUT2D eigenvalue weighted by molar-refractivity contribution is -0.100. The highest BCUT2D eigenvalue weighted by molar-refractivity contribution is 5.16. The van der Waals surface area contributed by atoms with Gasteiger partial charge < -0.3 is 10.2 Å². The molecule has 0 aliphatic heterocycles. The second kappa shape index (κ2) is 4.58. The van der Waals surface area contributed by atoms with Gasteiger partial charge >= 0.3 is 0 Å². The first kappa shape index (κ1) is 14.3. The predicted octanol–water partition coefficient (Wildman–Crippen LogP) is 3.53. The minimum absolute atomic E-state index is 0.0395. The van der Waals surface area contributed by atoms with E-state index in [1.54, 1.807) is 0 Å². The van der Waals surface area contributed by atoms with E-state index in [1.807, 2.05) is 0 Å². The van der Waals surface area contributed by atoms with Gasteiger partial charge in [-0.3, -0.25) is 0 Å². The summed E-state index contributed by atoms with van der Waals surface area (Å²) in [5, 5.41) is 20.7. The molecule has 0 spiro atoms. The maximum absolute atomic E-state index is 10.5. The van der Waals surface area contributed by atoms with Crippen LogP contribution in [0.25, 0.3) is 0 Å². The molecule has 8 atom stereocenters. The molecule has 3 saturated carbocycles. The van der Waals surface area contributed by atoms with E-state index in [1.165, 1.54) is 32.1 Å². The van der Waals surface area contributed by atoms with Crippen LogP contribution in [-0.4, -0.2) is 22.4 Å². The molecular formula is C19H30O2. The molecule has 2 N–H and O–H groups in total. The van der Waals surface area contributed by atoms with Crippen molar-refractivity contribution in [2.75, 3.05) is 0 Å². The first-order valence-electron chi connectivity index (χ1n) is 9.00. The molecule has 0 aromatic carbocycles. The maximum atomic E-state index is 10.5.